The van der Waals surface area contributed by atoms with Crippen LogP contribution in [0, 0.1) is 17.3 Å². The topological polar surface area (TPSA) is 69.9 Å². The summed E-state index contributed by atoms with van der Waals surface area (Å²) in [5, 5.41) is 31.5. The molecule has 0 bridgehead atoms. The van der Waals surface area contributed by atoms with Crippen molar-refractivity contribution in [2.75, 3.05) is 6.61 Å². The van der Waals surface area contributed by atoms with Crippen LogP contribution in [0.3, 0.4) is 0 Å². The number of hydrogen-bond acceptors (Lipinski definition) is 4. The van der Waals surface area contributed by atoms with Crippen LogP contribution in [-0.2, 0) is 4.74 Å². The molecule has 3 aliphatic carbocycles. The van der Waals surface area contributed by atoms with Gasteiger partial charge in [0.25, 0.3) is 0 Å². The number of aliphatic hydroxyl groups excluding tert-OH is 2. The number of allylic oxidation sites excluding steroid dienone is 5. The number of hydrogen-bond donors (Lipinski definition) is 3. The van der Waals surface area contributed by atoms with E-state index in [1.165, 1.54) is 18.4 Å². The van der Waals surface area contributed by atoms with Crippen LogP contribution in [0.2, 0.25) is 0 Å². The fourth-order valence-electron chi connectivity index (χ4n) is 5.49. The van der Waals surface area contributed by atoms with Crippen LogP contribution >= 0.6 is 0 Å². The highest BCUT2D eigenvalue weighted by atomic mass is 16.6. The van der Waals surface area contributed by atoms with Gasteiger partial charge in [-0.2, -0.15) is 0 Å². The molecule has 2 saturated carbocycles. The molecule has 0 heterocycles. The summed E-state index contributed by atoms with van der Waals surface area (Å²) in [5.74, 6) is -0.881. The predicted octanol–water partition coefficient (Wildman–Crippen LogP) is 4.82. The van der Waals surface area contributed by atoms with E-state index in [9.17, 15) is 15.3 Å². The van der Waals surface area contributed by atoms with Gasteiger partial charge >= 0.3 is 0 Å². The third-order valence-electron chi connectivity index (χ3n) is 7.68. The first-order valence-electron chi connectivity index (χ1n) is 11.6. The first kappa shape index (κ1) is 23.5. The fraction of sp³-hybridized carbons (Fsp3) is 0.692. The minimum absolute atomic E-state index is 0.0467. The Morgan fingerprint density at radius 2 is 2.07 bits per heavy atom. The highest BCUT2D eigenvalue weighted by Crippen LogP contribution is 2.55. The van der Waals surface area contributed by atoms with Crippen LogP contribution < -0.4 is 0 Å². The molecule has 0 amide bonds. The second kappa shape index (κ2) is 9.12. The lowest BCUT2D eigenvalue weighted by atomic mass is 9.64. The lowest BCUT2D eigenvalue weighted by Gasteiger charge is -2.41. The third-order valence-corrected chi connectivity index (χ3v) is 7.68. The van der Waals surface area contributed by atoms with Crippen molar-refractivity contribution in [3.05, 3.63) is 47.1 Å². The highest BCUT2D eigenvalue weighted by Gasteiger charge is 2.44. The average molecular weight is 417 g/mol. The SMILES string of the molecule is C=C1C(=CC=C2CCC[C@]3(C)C(CC)=CC[C@@H]23)C[C@](O)(OC[C@H](O)C(C)C)C[C@@H]1O. The van der Waals surface area contributed by atoms with Gasteiger partial charge in [-0.15, -0.1) is 0 Å². The quantitative estimate of drug-likeness (QED) is 0.429. The zero-order chi connectivity index (χ0) is 22.1. The van der Waals surface area contributed by atoms with Crippen LogP contribution in [-0.4, -0.2) is 39.9 Å². The van der Waals surface area contributed by atoms with E-state index in [2.05, 4.69) is 32.6 Å². The lowest BCUT2D eigenvalue weighted by molar-refractivity contribution is -0.233. The van der Waals surface area contributed by atoms with Crippen LogP contribution in [0.15, 0.2) is 47.1 Å². The predicted molar refractivity (Wildman–Crippen MR) is 121 cm³/mol. The molecule has 2 fully saturated rings. The standard InChI is InChI=1S/C26H40O4/c1-6-21-11-12-22-19(8-7-13-25(21,22)5)9-10-20-14-26(29,15-23(27)18(20)4)30-16-24(28)17(2)3/h9-11,17,22-24,27-29H,4,6-8,12-16H2,1-3,5H3/t22-,23-,24-,25+,26-/m0/s1. The van der Waals surface area contributed by atoms with Gasteiger partial charge in [-0.05, 0) is 60.5 Å². The molecule has 4 heteroatoms. The first-order chi connectivity index (χ1) is 14.1. The molecular formula is C26H40O4. The van der Waals surface area contributed by atoms with Gasteiger partial charge in [0, 0.05) is 12.8 Å². The molecule has 0 radical (unpaired) electrons. The Morgan fingerprint density at radius 1 is 1.33 bits per heavy atom. The van der Waals surface area contributed by atoms with Crippen molar-refractivity contribution in [3.63, 3.8) is 0 Å². The van der Waals surface area contributed by atoms with Crippen molar-refractivity contribution in [1.29, 1.82) is 0 Å². The number of aliphatic hydroxyl groups is 3. The Hall–Kier alpha value is -1.20. The van der Waals surface area contributed by atoms with Gasteiger partial charge < -0.3 is 20.1 Å². The van der Waals surface area contributed by atoms with E-state index in [1.807, 2.05) is 19.9 Å². The maximum atomic E-state index is 11.0. The van der Waals surface area contributed by atoms with Gasteiger partial charge in [0.15, 0.2) is 5.79 Å². The molecule has 3 N–H and O–H groups in total. The van der Waals surface area contributed by atoms with Crippen molar-refractivity contribution in [1.82, 2.24) is 0 Å². The molecule has 0 aromatic carbocycles. The molecule has 0 spiro atoms. The van der Waals surface area contributed by atoms with E-state index in [1.54, 1.807) is 5.57 Å². The van der Waals surface area contributed by atoms with Gasteiger partial charge in [-0.1, -0.05) is 63.6 Å². The van der Waals surface area contributed by atoms with E-state index in [0.29, 0.717) is 11.5 Å². The fourth-order valence-corrected chi connectivity index (χ4v) is 5.49. The monoisotopic (exact) mass is 416 g/mol. The zero-order valence-corrected chi connectivity index (χ0v) is 19.2. The molecule has 3 rings (SSSR count). The van der Waals surface area contributed by atoms with Crippen molar-refractivity contribution in [2.24, 2.45) is 17.3 Å². The minimum atomic E-state index is -1.48. The molecule has 0 saturated heterocycles. The Morgan fingerprint density at radius 3 is 2.73 bits per heavy atom. The van der Waals surface area contributed by atoms with Crippen LogP contribution in [0.1, 0.15) is 72.6 Å². The molecule has 0 aromatic heterocycles. The van der Waals surface area contributed by atoms with E-state index >= 15 is 0 Å². The van der Waals surface area contributed by atoms with Gasteiger partial charge in [-0.25, -0.2) is 0 Å². The van der Waals surface area contributed by atoms with Crippen molar-refractivity contribution >= 4 is 0 Å². The van der Waals surface area contributed by atoms with Crippen molar-refractivity contribution in [2.45, 2.75) is 90.6 Å². The minimum Gasteiger partial charge on any atom is -0.390 e. The zero-order valence-electron chi connectivity index (χ0n) is 19.2. The molecule has 30 heavy (non-hydrogen) atoms. The summed E-state index contributed by atoms with van der Waals surface area (Å²) in [4.78, 5) is 0. The Balaban J connectivity index is 1.77. The highest BCUT2D eigenvalue weighted by molar-refractivity contribution is 5.40. The Bertz CT molecular complexity index is 746. The summed E-state index contributed by atoms with van der Waals surface area (Å²) in [6, 6.07) is 0. The lowest BCUT2D eigenvalue weighted by Crippen LogP contribution is -2.44. The molecule has 4 nitrogen and oxygen atoms in total. The molecule has 5 atom stereocenters. The van der Waals surface area contributed by atoms with Crippen LogP contribution in [0.25, 0.3) is 0 Å². The van der Waals surface area contributed by atoms with E-state index in [4.69, 9.17) is 4.74 Å². The Labute approximate surface area is 182 Å². The number of ether oxygens (including phenoxy) is 1. The van der Waals surface area contributed by atoms with Gasteiger partial charge in [0.1, 0.15) is 0 Å². The Kier molecular flexibility index (Phi) is 7.13. The van der Waals surface area contributed by atoms with Gasteiger partial charge in [0.05, 0.1) is 18.8 Å². The smallest absolute Gasteiger partial charge is 0.172 e. The summed E-state index contributed by atoms with van der Waals surface area (Å²) in [6.07, 6.45) is 11.3. The molecule has 3 aliphatic rings. The van der Waals surface area contributed by atoms with Gasteiger partial charge in [-0.3, -0.25) is 0 Å². The van der Waals surface area contributed by atoms with Gasteiger partial charge in [0.2, 0.25) is 0 Å². The van der Waals surface area contributed by atoms with Crippen LogP contribution in [0.4, 0.5) is 0 Å². The summed E-state index contributed by atoms with van der Waals surface area (Å²) < 4.78 is 5.68. The molecule has 168 valence electrons. The molecule has 0 aromatic rings. The summed E-state index contributed by atoms with van der Waals surface area (Å²) in [7, 11) is 0. The first-order valence-corrected chi connectivity index (χ1v) is 11.6. The second-order valence-electron chi connectivity index (χ2n) is 10.1. The van der Waals surface area contributed by atoms with E-state index in [-0.39, 0.29) is 30.8 Å². The van der Waals surface area contributed by atoms with E-state index < -0.39 is 18.0 Å². The molecule has 0 aliphatic heterocycles. The molecule has 0 unspecified atom stereocenters. The maximum Gasteiger partial charge on any atom is 0.172 e. The molecular weight excluding hydrogens is 376 g/mol. The van der Waals surface area contributed by atoms with Crippen LogP contribution in [0.5, 0.6) is 0 Å². The van der Waals surface area contributed by atoms with E-state index in [0.717, 1.165) is 24.8 Å². The second-order valence-corrected chi connectivity index (χ2v) is 10.1. The summed E-state index contributed by atoms with van der Waals surface area (Å²) in [6.45, 7) is 12.6. The summed E-state index contributed by atoms with van der Waals surface area (Å²) in [5.41, 5.74) is 4.81. The normalized spacial score (nSPS) is 38.3. The van der Waals surface area contributed by atoms with Crippen molar-refractivity contribution < 1.29 is 20.1 Å². The maximum absolute atomic E-state index is 11.0. The number of fused-ring (bicyclic) bond motifs is 1. The average Bonchev–Trinajstić information content (AvgIpc) is 3.04. The number of rotatable bonds is 6. The third kappa shape index (κ3) is 4.67. The summed E-state index contributed by atoms with van der Waals surface area (Å²) >= 11 is 0. The largest absolute Gasteiger partial charge is 0.390 e. The van der Waals surface area contributed by atoms with Crippen molar-refractivity contribution in [3.8, 4) is 0 Å².